The quantitative estimate of drug-likeness (QED) is 0.739. The van der Waals surface area contributed by atoms with Gasteiger partial charge in [0, 0.05) is 18.2 Å². The van der Waals surface area contributed by atoms with Crippen LogP contribution in [-0.2, 0) is 0 Å². The number of aliphatic hydroxyl groups is 1. The molecular formula is C11H18ClNO3. The number of benzene rings is 1. The Morgan fingerprint density at radius 1 is 1.44 bits per heavy atom. The fourth-order valence-electron chi connectivity index (χ4n) is 1.41. The predicted molar refractivity (Wildman–Crippen MR) is 65.2 cm³/mol. The summed E-state index contributed by atoms with van der Waals surface area (Å²) in [7, 11) is 0. The van der Waals surface area contributed by atoms with Crippen LogP contribution in [0.15, 0.2) is 18.2 Å². The molecule has 5 heteroatoms. The smallest absolute Gasteiger partial charge is 0.162 e. The van der Waals surface area contributed by atoms with Gasteiger partial charge in [0.15, 0.2) is 11.5 Å². The standard InChI is InChI=1S/C11H17NO3.ClH/c1-2-15-10-5-3-4-8(11(10)14)9(12)6-7-13;/h3-5,9,13-14H,2,6-7,12H2,1H3;1H/t9-;/m1./s1. The van der Waals surface area contributed by atoms with E-state index < -0.39 is 0 Å². The Balaban J connectivity index is 0.00000225. The molecule has 1 aromatic carbocycles. The Labute approximate surface area is 101 Å². The Morgan fingerprint density at radius 3 is 2.69 bits per heavy atom. The molecule has 4 nitrogen and oxygen atoms in total. The molecule has 0 amide bonds. The fraction of sp³-hybridized carbons (Fsp3) is 0.455. The van der Waals surface area contributed by atoms with E-state index in [0.717, 1.165) is 0 Å². The van der Waals surface area contributed by atoms with Gasteiger partial charge in [-0.2, -0.15) is 0 Å². The van der Waals surface area contributed by atoms with Crippen molar-refractivity contribution in [3.63, 3.8) is 0 Å². The van der Waals surface area contributed by atoms with Crippen LogP contribution in [0.3, 0.4) is 0 Å². The van der Waals surface area contributed by atoms with Crippen molar-refractivity contribution < 1.29 is 14.9 Å². The lowest BCUT2D eigenvalue weighted by Gasteiger charge is -2.14. The van der Waals surface area contributed by atoms with E-state index in [2.05, 4.69) is 0 Å². The largest absolute Gasteiger partial charge is 0.504 e. The molecule has 92 valence electrons. The second kappa shape index (κ2) is 7.33. The molecule has 0 aliphatic rings. The molecule has 0 heterocycles. The van der Waals surface area contributed by atoms with Crippen LogP contribution in [-0.4, -0.2) is 23.4 Å². The van der Waals surface area contributed by atoms with Crippen molar-refractivity contribution >= 4 is 12.4 Å². The fourth-order valence-corrected chi connectivity index (χ4v) is 1.41. The van der Waals surface area contributed by atoms with Gasteiger partial charge in [0.05, 0.1) is 6.61 Å². The zero-order valence-corrected chi connectivity index (χ0v) is 10.0. The molecule has 0 fully saturated rings. The highest BCUT2D eigenvalue weighted by Gasteiger charge is 2.13. The number of nitrogens with two attached hydrogens (primary N) is 1. The minimum Gasteiger partial charge on any atom is -0.504 e. The van der Waals surface area contributed by atoms with Crippen LogP contribution >= 0.6 is 12.4 Å². The van der Waals surface area contributed by atoms with E-state index in [1.54, 1.807) is 18.2 Å². The van der Waals surface area contributed by atoms with E-state index in [9.17, 15) is 5.11 Å². The van der Waals surface area contributed by atoms with Gasteiger partial charge in [0.2, 0.25) is 0 Å². The summed E-state index contributed by atoms with van der Waals surface area (Å²) < 4.78 is 5.24. The third kappa shape index (κ3) is 3.56. The first kappa shape index (κ1) is 15.0. The first-order chi connectivity index (χ1) is 7.20. The number of aromatic hydroxyl groups is 1. The third-order valence-corrected chi connectivity index (χ3v) is 2.17. The molecule has 0 radical (unpaired) electrons. The molecule has 0 saturated carbocycles. The summed E-state index contributed by atoms with van der Waals surface area (Å²) in [6.07, 6.45) is 0.420. The number of para-hydroxylation sites is 1. The third-order valence-electron chi connectivity index (χ3n) is 2.17. The van der Waals surface area contributed by atoms with Crippen LogP contribution in [0.2, 0.25) is 0 Å². The van der Waals surface area contributed by atoms with Gasteiger partial charge in [-0.15, -0.1) is 12.4 Å². The maximum atomic E-state index is 9.83. The lowest BCUT2D eigenvalue weighted by molar-refractivity contribution is 0.274. The minimum absolute atomic E-state index is 0. The molecule has 0 aliphatic heterocycles. The molecule has 16 heavy (non-hydrogen) atoms. The normalized spacial score (nSPS) is 11.7. The molecular weight excluding hydrogens is 230 g/mol. The number of ether oxygens (including phenoxy) is 1. The van der Waals surface area contributed by atoms with Gasteiger partial charge >= 0.3 is 0 Å². The monoisotopic (exact) mass is 247 g/mol. The average Bonchev–Trinajstić information content (AvgIpc) is 2.22. The maximum absolute atomic E-state index is 9.83. The zero-order chi connectivity index (χ0) is 11.3. The van der Waals surface area contributed by atoms with Gasteiger partial charge in [0.1, 0.15) is 0 Å². The lowest BCUT2D eigenvalue weighted by Crippen LogP contribution is -2.12. The minimum atomic E-state index is -0.365. The van der Waals surface area contributed by atoms with E-state index in [-0.39, 0.29) is 30.8 Å². The van der Waals surface area contributed by atoms with Crippen molar-refractivity contribution in [2.45, 2.75) is 19.4 Å². The summed E-state index contributed by atoms with van der Waals surface area (Å²) in [5.41, 5.74) is 6.40. The lowest BCUT2D eigenvalue weighted by atomic mass is 10.0. The number of phenols is 1. The molecule has 0 unspecified atom stereocenters. The van der Waals surface area contributed by atoms with Crippen molar-refractivity contribution in [2.24, 2.45) is 5.73 Å². The van der Waals surface area contributed by atoms with Crippen molar-refractivity contribution in [3.05, 3.63) is 23.8 Å². The topological polar surface area (TPSA) is 75.7 Å². The summed E-state index contributed by atoms with van der Waals surface area (Å²) in [6.45, 7) is 2.34. The van der Waals surface area contributed by atoms with Gasteiger partial charge in [-0.3, -0.25) is 0 Å². The molecule has 0 aliphatic carbocycles. The second-order valence-electron chi connectivity index (χ2n) is 3.25. The Bertz CT molecular complexity index is 320. The summed E-state index contributed by atoms with van der Waals surface area (Å²) in [5, 5.41) is 18.6. The van der Waals surface area contributed by atoms with E-state index in [4.69, 9.17) is 15.6 Å². The molecule has 0 saturated heterocycles. The van der Waals surface area contributed by atoms with E-state index >= 15 is 0 Å². The van der Waals surface area contributed by atoms with E-state index in [1.807, 2.05) is 6.92 Å². The number of aliphatic hydroxyl groups excluding tert-OH is 1. The molecule has 1 rings (SSSR count). The van der Waals surface area contributed by atoms with E-state index in [0.29, 0.717) is 24.3 Å². The van der Waals surface area contributed by atoms with Crippen LogP contribution < -0.4 is 10.5 Å². The van der Waals surface area contributed by atoms with Gasteiger partial charge in [-0.25, -0.2) is 0 Å². The predicted octanol–water partition coefficient (Wildman–Crippen LogP) is 1.59. The summed E-state index contributed by atoms with van der Waals surface area (Å²) in [6, 6.07) is 4.83. The number of halogens is 1. The highest BCUT2D eigenvalue weighted by Crippen LogP contribution is 2.33. The Kier molecular flexibility index (Phi) is 6.88. The maximum Gasteiger partial charge on any atom is 0.162 e. The summed E-state index contributed by atoms with van der Waals surface area (Å²) in [4.78, 5) is 0. The van der Waals surface area contributed by atoms with Gasteiger partial charge in [-0.05, 0) is 19.4 Å². The second-order valence-corrected chi connectivity index (χ2v) is 3.25. The van der Waals surface area contributed by atoms with Gasteiger partial charge in [0.25, 0.3) is 0 Å². The summed E-state index contributed by atoms with van der Waals surface area (Å²) >= 11 is 0. The van der Waals surface area contributed by atoms with Crippen molar-refractivity contribution in [2.75, 3.05) is 13.2 Å². The average molecular weight is 248 g/mol. The van der Waals surface area contributed by atoms with Gasteiger partial charge < -0.3 is 20.7 Å². The van der Waals surface area contributed by atoms with Crippen LogP contribution in [0.4, 0.5) is 0 Å². The highest BCUT2D eigenvalue weighted by atomic mass is 35.5. The number of hydrogen-bond donors (Lipinski definition) is 3. The molecule has 0 bridgehead atoms. The van der Waals surface area contributed by atoms with E-state index in [1.165, 1.54) is 0 Å². The molecule has 0 aromatic heterocycles. The van der Waals surface area contributed by atoms with Crippen molar-refractivity contribution in [1.82, 2.24) is 0 Å². The highest BCUT2D eigenvalue weighted by molar-refractivity contribution is 5.85. The number of phenolic OH excluding ortho intramolecular Hbond substituents is 1. The van der Waals surface area contributed by atoms with Crippen LogP contribution in [0, 0.1) is 0 Å². The SMILES string of the molecule is CCOc1cccc([C@H](N)CCO)c1O.Cl. The first-order valence-corrected chi connectivity index (χ1v) is 5.01. The molecule has 1 aromatic rings. The molecule has 4 N–H and O–H groups in total. The van der Waals surface area contributed by atoms with Crippen molar-refractivity contribution in [3.8, 4) is 11.5 Å². The first-order valence-electron chi connectivity index (χ1n) is 5.01. The number of rotatable bonds is 5. The Morgan fingerprint density at radius 2 is 2.12 bits per heavy atom. The summed E-state index contributed by atoms with van der Waals surface area (Å²) in [5.74, 6) is 0.503. The Hall–Kier alpha value is -0.970. The number of hydrogen-bond acceptors (Lipinski definition) is 4. The van der Waals surface area contributed by atoms with Crippen LogP contribution in [0.1, 0.15) is 24.9 Å². The molecule has 0 spiro atoms. The van der Waals surface area contributed by atoms with Gasteiger partial charge in [-0.1, -0.05) is 12.1 Å². The van der Waals surface area contributed by atoms with Crippen molar-refractivity contribution in [1.29, 1.82) is 0 Å². The van der Waals surface area contributed by atoms with Crippen LogP contribution in [0.5, 0.6) is 11.5 Å². The molecule has 1 atom stereocenters. The van der Waals surface area contributed by atoms with Crippen LogP contribution in [0.25, 0.3) is 0 Å². The zero-order valence-electron chi connectivity index (χ0n) is 9.22.